The van der Waals surface area contributed by atoms with Crippen LogP contribution in [0.4, 0.5) is 0 Å². The molecule has 0 bridgehead atoms. The van der Waals surface area contributed by atoms with Gasteiger partial charge in [0.2, 0.25) is 5.78 Å². The normalized spacial score (nSPS) is 28.5. The summed E-state index contributed by atoms with van der Waals surface area (Å²) in [5.41, 5.74) is -10.0. The highest BCUT2D eigenvalue weighted by atomic mass is 16.6. The molecule has 6 fully saturated rings. The van der Waals surface area contributed by atoms with Crippen molar-refractivity contribution >= 4 is 59.5 Å². The van der Waals surface area contributed by atoms with Gasteiger partial charge in [0.25, 0.3) is 0 Å². The second-order valence-corrected chi connectivity index (χ2v) is 19.7. The maximum Gasteiger partial charge on any atom is 0.375 e. The lowest BCUT2D eigenvalue weighted by molar-refractivity contribution is -0.175. The van der Waals surface area contributed by atoms with E-state index in [0.29, 0.717) is 12.8 Å². The fraction of sp³-hybridized carbons (Fsp3) is 0.714. The molecule has 0 spiro atoms. The molecule has 6 unspecified atom stereocenters. The van der Waals surface area contributed by atoms with Crippen molar-refractivity contribution in [3.05, 3.63) is 24.3 Å². The third-order valence-electron chi connectivity index (χ3n) is 15.3. The lowest BCUT2D eigenvalue weighted by Crippen LogP contribution is -2.43. The van der Waals surface area contributed by atoms with Gasteiger partial charge in [-0.3, -0.25) is 33.6 Å². The van der Waals surface area contributed by atoms with Gasteiger partial charge >= 0.3 is 53.7 Å². The number of ketones is 1. The van der Waals surface area contributed by atoms with Crippen LogP contribution in [0.2, 0.25) is 0 Å². The monoisotopic (exact) mass is 956 g/mol. The molecule has 0 radical (unpaired) electrons. The SMILES string of the molecule is C=C(C(=O)OCC(C)(COC(=O)C(=C)C12CC1CC(C(=O)OCC)(C(=O)OCC)C2)COC(=O)C(=O)C12CC1CC(C(=O)OCC)(C(=O)OCC)C2)C12CC1CC(C(=O)OCC)(C(=O)OCC)C2. The van der Waals surface area contributed by atoms with Crippen molar-refractivity contribution in [1.82, 2.24) is 0 Å². The van der Waals surface area contributed by atoms with E-state index in [9.17, 15) is 47.9 Å². The molecular weight excluding hydrogens is 893 g/mol. The minimum absolute atomic E-state index is 0.0143. The number of hydrogen-bond donors (Lipinski definition) is 0. The van der Waals surface area contributed by atoms with Crippen molar-refractivity contribution in [2.75, 3.05) is 59.5 Å². The van der Waals surface area contributed by atoms with Gasteiger partial charge < -0.3 is 42.6 Å². The van der Waals surface area contributed by atoms with Crippen LogP contribution >= 0.6 is 0 Å². The Morgan fingerprint density at radius 1 is 0.397 bits per heavy atom. The molecule has 0 amide bonds. The Kier molecular flexibility index (Phi) is 14.5. The zero-order chi connectivity index (χ0) is 50.3. The van der Waals surface area contributed by atoms with Crippen LogP contribution in [0.15, 0.2) is 24.3 Å². The van der Waals surface area contributed by atoms with Crippen LogP contribution in [0, 0.1) is 55.7 Å². The number of Topliss-reactive ketones (excluding diaryl/α,β-unsaturated/α-hetero) is 1. The van der Waals surface area contributed by atoms with Gasteiger partial charge in [-0.25, -0.2) is 14.4 Å². The summed E-state index contributed by atoms with van der Waals surface area (Å²) in [6.07, 6.45) is 0.655. The predicted octanol–water partition coefficient (Wildman–Crippen LogP) is 4.04. The van der Waals surface area contributed by atoms with Crippen LogP contribution in [0.3, 0.4) is 0 Å². The molecule has 19 nitrogen and oxygen atoms in total. The summed E-state index contributed by atoms with van der Waals surface area (Å²) in [6, 6.07) is 0. The van der Waals surface area contributed by atoms with Gasteiger partial charge in [0.05, 0.1) is 45.1 Å². The highest BCUT2D eigenvalue weighted by Crippen LogP contribution is 2.74. The second-order valence-electron chi connectivity index (χ2n) is 19.7. The Labute approximate surface area is 394 Å². The molecule has 68 heavy (non-hydrogen) atoms. The molecule has 0 aromatic rings. The highest BCUT2D eigenvalue weighted by Gasteiger charge is 2.76. The summed E-state index contributed by atoms with van der Waals surface area (Å²) in [5, 5.41) is 0. The first-order valence-corrected chi connectivity index (χ1v) is 23.5. The number of carbonyl (C=O) groups is 10. The maximum atomic E-state index is 13.9. The van der Waals surface area contributed by atoms with Crippen LogP contribution in [0.1, 0.15) is 106 Å². The summed E-state index contributed by atoms with van der Waals surface area (Å²) in [6.45, 7) is 17.3. The molecule has 0 aliphatic heterocycles. The molecule has 374 valence electrons. The summed E-state index contributed by atoms with van der Waals surface area (Å²) >= 11 is 0. The minimum atomic E-state index is -1.79. The standard InChI is InChI=1S/C49H64O19/c1-10-60-37(54)47(38(55)61-11-2)19-30-16-44(30,22-47)28(7)34(51)66-25-43(9,26-67-35(52)29(8)45-17-31(45)20-48(23-45,39(56)62-12-3)40(57)63-13-4)27-68-36(53)33(50)46-18-32(46)21-49(24-46,41(58)64-14-5)42(59)65-15-6/h30-32H,7-8,10-27H2,1-6,9H3. The number of rotatable bonds is 24. The van der Waals surface area contributed by atoms with Crippen LogP contribution in [0.5, 0.6) is 0 Å². The first kappa shape index (κ1) is 51.8. The van der Waals surface area contributed by atoms with E-state index in [2.05, 4.69) is 13.2 Å². The lowest BCUT2D eigenvalue weighted by atomic mass is 9.79. The topological polar surface area (TPSA) is 254 Å². The third kappa shape index (κ3) is 8.71. The van der Waals surface area contributed by atoms with Crippen molar-refractivity contribution in [2.45, 2.75) is 106 Å². The number of carbonyl (C=O) groups excluding carboxylic acids is 10. The average Bonchev–Trinajstić information content (AvgIpc) is 4.23. The summed E-state index contributed by atoms with van der Waals surface area (Å²) in [7, 11) is 0. The fourth-order valence-electron chi connectivity index (χ4n) is 11.5. The van der Waals surface area contributed by atoms with Crippen molar-refractivity contribution in [2.24, 2.45) is 55.7 Å². The molecule has 0 saturated heterocycles. The second kappa shape index (κ2) is 19.1. The quantitative estimate of drug-likeness (QED) is 0.0435. The van der Waals surface area contributed by atoms with Crippen LogP contribution in [0.25, 0.3) is 0 Å². The molecule has 6 saturated carbocycles. The van der Waals surface area contributed by atoms with Gasteiger partial charge in [0.15, 0.2) is 16.2 Å². The molecule has 6 atom stereocenters. The van der Waals surface area contributed by atoms with Gasteiger partial charge in [-0.1, -0.05) is 13.2 Å². The van der Waals surface area contributed by atoms with Gasteiger partial charge in [-0.05, 0) is 124 Å². The summed E-state index contributed by atoms with van der Waals surface area (Å²) in [5.74, 6) is -9.92. The van der Waals surface area contributed by atoms with E-state index in [1.54, 1.807) is 41.5 Å². The Balaban J connectivity index is 1.18. The number of esters is 9. The Bertz CT molecular complexity index is 1880. The molecule has 0 aromatic carbocycles. The van der Waals surface area contributed by atoms with Crippen LogP contribution < -0.4 is 0 Å². The number of ether oxygens (including phenoxy) is 9. The first-order valence-electron chi connectivity index (χ1n) is 23.5. The largest absolute Gasteiger partial charge is 0.465 e. The fourth-order valence-corrected chi connectivity index (χ4v) is 11.5. The molecule has 0 heterocycles. The predicted molar refractivity (Wildman–Crippen MR) is 231 cm³/mol. The van der Waals surface area contributed by atoms with Crippen LogP contribution in [-0.2, 0) is 90.6 Å². The Morgan fingerprint density at radius 2 is 0.647 bits per heavy atom. The zero-order valence-corrected chi connectivity index (χ0v) is 40.1. The van der Waals surface area contributed by atoms with Crippen molar-refractivity contribution in [1.29, 1.82) is 0 Å². The van der Waals surface area contributed by atoms with Gasteiger partial charge in [0.1, 0.15) is 19.8 Å². The average molecular weight is 957 g/mol. The number of fused-ring (bicyclic) bond motifs is 3. The van der Waals surface area contributed by atoms with Gasteiger partial charge in [-0.2, -0.15) is 0 Å². The van der Waals surface area contributed by atoms with Gasteiger partial charge in [0, 0.05) is 27.4 Å². The van der Waals surface area contributed by atoms with Crippen molar-refractivity contribution < 1.29 is 90.6 Å². The molecule has 6 aliphatic carbocycles. The first-order chi connectivity index (χ1) is 32.1. The molecule has 19 heteroatoms. The van der Waals surface area contributed by atoms with E-state index < -0.39 is 123 Å². The van der Waals surface area contributed by atoms with E-state index >= 15 is 0 Å². The molecule has 0 N–H and O–H groups in total. The molecule has 6 aliphatic rings. The minimum Gasteiger partial charge on any atom is -0.465 e. The van der Waals surface area contributed by atoms with E-state index in [1.165, 1.54) is 6.92 Å². The van der Waals surface area contributed by atoms with E-state index in [0.717, 1.165) is 0 Å². The maximum absolute atomic E-state index is 13.9. The summed E-state index contributed by atoms with van der Waals surface area (Å²) < 4.78 is 48.7. The van der Waals surface area contributed by atoms with E-state index in [4.69, 9.17) is 42.6 Å². The van der Waals surface area contributed by atoms with E-state index in [-0.39, 0.29) is 108 Å². The third-order valence-corrected chi connectivity index (χ3v) is 15.3. The summed E-state index contributed by atoms with van der Waals surface area (Å²) in [4.78, 5) is 135. The Hall–Kier alpha value is -5.62. The van der Waals surface area contributed by atoms with Crippen molar-refractivity contribution in [3.8, 4) is 0 Å². The highest BCUT2D eigenvalue weighted by molar-refractivity contribution is 6.37. The smallest absolute Gasteiger partial charge is 0.375 e. The van der Waals surface area contributed by atoms with Crippen molar-refractivity contribution in [3.63, 3.8) is 0 Å². The van der Waals surface area contributed by atoms with Gasteiger partial charge in [-0.15, -0.1) is 0 Å². The lowest BCUT2D eigenvalue weighted by Gasteiger charge is -2.30. The zero-order valence-electron chi connectivity index (χ0n) is 40.1. The van der Waals surface area contributed by atoms with E-state index in [1.807, 2.05) is 0 Å². The number of hydrogen-bond acceptors (Lipinski definition) is 19. The molecule has 0 aromatic heterocycles. The molecule has 6 rings (SSSR count). The molecular formula is C49H64O19. The van der Waals surface area contributed by atoms with Crippen LogP contribution in [-0.4, -0.2) is 119 Å². The Morgan fingerprint density at radius 3 is 0.941 bits per heavy atom.